The lowest BCUT2D eigenvalue weighted by molar-refractivity contribution is 0.0697. The average molecular weight is 399 g/mol. The highest BCUT2D eigenvalue weighted by molar-refractivity contribution is 5.97. The Labute approximate surface area is 176 Å². The number of carbonyl (C=O) groups is 1. The van der Waals surface area contributed by atoms with Gasteiger partial charge in [-0.05, 0) is 60.1 Å². The standard InChI is InChI=1S/C25H25N3O2/c1-16-13-23-26-24(19-11-12-19)22(28(23)27(2)15-16)14-17-7-9-18(10-8-17)20-5-3-4-6-21(20)25(29)30/h3-10,13,15,19,22H,11-12,14H2,1-2H3,(H,29,30). The molecule has 0 amide bonds. The Morgan fingerprint density at radius 1 is 1.13 bits per heavy atom. The Morgan fingerprint density at radius 3 is 2.57 bits per heavy atom. The van der Waals surface area contributed by atoms with E-state index in [4.69, 9.17) is 4.99 Å². The van der Waals surface area contributed by atoms with E-state index in [0.29, 0.717) is 11.5 Å². The van der Waals surface area contributed by atoms with Crippen molar-refractivity contribution in [2.24, 2.45) is 10.9 Å². The predicted octanol–water partition coefficient (Wildman–Crippen LogP) is 4.74. The van der Waals surface area contributed by atoms with Gasteiger partial charge in [-0.15, -0.1) is 0 Å². The van der Waals surface area contributed by atoms with Crippen molar-refractivity contribution in [1.82, 2.24) is 10.0 Å². The van der Waals surface area contributed by atoms with Gasteiger partial charge in [0.25, 0.3) is 0 Å². The molecule has 0 spiro atoms. The van der Waals surface area contributed by atoms with Crippen molar-refractivity contribution in [3.8, 4) is 11.1 Å². The molecule has 30 heavy (non-hydrogen) atoms. The summed E-state index contributed by atoms with van der Waals surface area (Å²) in [7, 11) is 2.08. The lowest BCUT2D eigenvalue weighted by atomic mass is 9.95. The van der Waals surface area contributed by atoms with Crippen LogP contribution in [0.4, 0.5) is 0 Å². The number of benzene rings is 2. The zero-order valence-electron chi connectivity index (χ0n) is 17.2. The minimum absolute atomic E-state index is 0.232. The fourth-order valence-electron chi connectivity index (χ4n) is 4.52. The molecule has 1 saturated carbocycles. The summed E-state index contributed by atoms with van der Waals surface area (Å²) < 4.78 is 0. The molecule has 1 atom stereocenters. The van der Waals surface area contributed by atoms with E-state index in [1.165, 1.54) is 29.7 Å². The fraction of sp³-hybridized carbons (Fsp3) is 0.280. The first-order valence-electron chi connectivity index (χ1n) is 10.4. The van der Waals surface area contributed by atoms with E-state index in [9.17, 15) is 9.90 Å². The average Bonchev–Trinajstić information content (AvgIpc) is 3.51. The fourth-order valence-corrected chi connectivity index (χ4v) is 4.52. The second kappa shape index (κ2) is 7.17. The summed E-state index contributed by atoms with van der Waals surface area (Å²) in [6, 6.07) is 15.7. The third kappa shape index (κ3) is 3.30. The summed E-state index contributed by atoms with van der Waals surface area (Å²) in [5.74, 6) is 0.745. The summed E-state index contributed by atoms with van der Waals surface area (Å²) in [5.41, 5.74) is 5.75. The van der Waals surface area contributed by atoms with Crippen LogP contribution in [0.1, 0.15) is 35.7 Å². The highest BCUT2D eigenvalue weighted by atomic mass is 16.4. The summed E-state index contributed by atoms with van der Waals surface area (Å²) >= 11 is 0. The van der Waals surface area contributed by atoms with Crippen molar-refractivity contribution in [2.45, 2.75) is 32.2 Å². The van der Waals surface area contributed by atoms with Crippen LogP contribution >= 0.6 is 0 Å². The summed E-state index contributed by atoms with van der Waals surface area (Å²) in [5, 5.41) is 13.9. The van der Waals surface area contributed by atoms with Gasteiger partial charge < -0.3 is 5.11 Å². The normalized spacial score (nSPS) is 20.5. The molecule has 3 aliphatic rings. The van der Waals surface area contributed by atoms with Crippen molar-refractivity contribution in [3.05, 3.63) is 83.3 Å². The van der Waals surface area contributed by atoms with Crippen LogP contribution in [0, 0.1) is 5.92 Å². The molecule has 152 valence electrons. The minimum Gasteiger partial charge on any atom is -0.478 e. The highest BCUT2D eigenvalue weighted by Gasteiger charge is 2.42. The van der Waals surface area contributed by atoms with Crippen LogP contribution in [0.5, 0.6) is 0 Å². The molecular formula is C25H25N3O2. The maximum Gasteiger partial charge on any atom is 0.336 e. The third-order valence-corrected chi connectivity index (χ3v) is 6.05. The van der Waals surface area contributed by atoms with Gasteiger partial charge in [-0.25, -0.2) is 9.79 Å². The molecule has 5 heteroatoms. The van der Waals surface area contributed by atoms with E-state index in [-0.39, 0.29) is 6.04 Å². The van der Waals surface area contributed by atoms with Crippen molar-refractivity contribution in [3.63, 3.8) is 0 Å². The zero-order valence-corrected chi connectivity index (χ0v) is 17.2. The number of hydrazine groups is 1. The topological polar surface area (TPSA) is 56.1 Å². The molecule has 1 aliphatic carbocycles. The Bertz CT molecular complexity index is 1090. The molecule has 5 rings (SSSR count). The number of carboxylic acids is 1. The number of aromatic carboxylic acids is 1. The smallest absolute Gasteiger partial charge is 0.336 e. The molecule has 2 heterocycles. The van der Waals surface area contributed by atoms with Crippen LogP contribution < -0.4 is 0 Å². The minimum atomic E-state index is -0.901. The molecule has 0 radical (unpaired) electrons. The van der Waals surface area contributed by atoms with Gasteiger partial charge >= 0.3 is 5.97 Å². The quantitative estimate of drug-likeness (QED) is 0.789. The molecule has 0 bridgehead atoms. The first-order chi connectivity index (χ1) is 14.5. The Morgan fingerprint density at radius 2 is 1.87 bits per heavy atom. The second-order valence-electron chi connectivity index (χ2n) is 8.37. The van der Waals surface area contributed by atoms with Crippen molar-refractivity contribution >= 4 is 11.7 Å². The molecule has 0 aromatic heterocycles. The number of carboxylic acid groups (broad SMARTS) is 1. The molecule has 2 aromatic rings. The summed E-state index contributed by atoms with van der Waals surface area (Å²) in [4.78, 5) is 16.6. The Balaban J connectivity index is 1.42. The first kappa shape index (κ1) is 18.7. The van der Waals surface area contributed by atoms with E-state index in [2.05, 4.69) is 48.4 Å². The van der Waals surface area contributed by atoms with Crippen LogP contribution in [-0.4, -0.2) is 39.9 Å². The van der Waals surface area contributed by atoms with Gasteiger partial charge in [-0.3, -0.25) is 10.0 Å². The third-order valence-electron chi connectivity index (χ3n) is 6.05. The van der Waals surface area contributed by atoms with Crippen LogP contribution in [-0.2, 0) is 6.42 Å². The van der Waals surface area contributed by atoms with Crippen LogP contribution in [0.25, 0.3) is 11.1 Å². The molecule has 2 aromatic carbocycles. The molecule has 0 saturated heterocycles. The van der Waals surface area contributed by atoms with E-state index in [0.717, 1.165) is 23.4 Å². The summed E-state index contributed by atoms with van der Waals surface area (Å²) in [6.45, 7) is 2.11. The van der Waals surface area contributed by atoms with Crippen LogP contribution in [0.2, 0.25) is 0 Å². The predicted molar refractivity (Wildman–Crippen MR) is 118 cm³/mol. The SMILES string of the molecule is CC1=CN(C)N2C(=C1)N=C(C1CC1)C2Cc1ccc(-c2ccccc2C(=O)O)cc1. The van der Waals surface area contributed by atoms with Gasteiger partial charge in [-0.1, -0.05) is 42.5 Å². The number of fused-ring (bicyclic) bond motifs is 1. The van der Waals surface area contributed by atoms with Gasteiger partial charge in [0, 0.05) is 25.4 Å². The Hall–Kier alpha value is -3.34. The molecule has 1 unspecified atom stereocenters. The van der Waals surface area contributed by atoms with Crippen LogP contribution in [0.3, 0.4) is 0 Å². The van der Waals surface area contributed by atoms with Gasteiger partial charge in [0.05, 0.1) is 11.6 Å². The van der Waals surface area contributed by atoms with E-state index < -0.39 is 5.97 Å². The monoisotopic (exact) mass is 399 g/mol. The van der Waals surface area contributed by atoms with Crippen molar-refractivity contribution in [1.29, 1.82) is 0 Å². The lowest BCUT2D eigenvalue weighted by Crippen LogP contribution is -2.45. The molecule has 5 nitrogen and oxygen atoms in total. The van der Waals surface area contributed by atoms with E-state index >= 15 is 0 Å². The van der Waals surface area contributed by atoms with Gasteiger partial charge in [-0.2, -0.15) is 0 Å². The summed E-state index contributed by atoms with van der Waals surface area (Å²) in [6.07, 6.45) is 7.65. The number of nitrogens with zero attached hydrogens (tertiary/aromatic N) is 3. The van der Waals surface area contributed by atoms with E-state index in [1.807, 2.05) is 24.3 Å². The molecular weight excluding hydrogens is 374 g/mol. The number of aliphatic imine (C=N–C) groups is 1. The maximum absolute atomic E-state index is 11.6. The Kier molecular flexibility index (Phi) is 4.46. The number of rotatable bonds is 5. The van der Waals surface area contributed by atoms with Crippen LogP contribution in [0.15, 0.2) is 77.2 Å². The maximum atomic E-state index is 11.6. The number of hydrogen-bond donors (Lipinski definition) is 1. The van der Waals surface area contributed by atoms with Crippen molar-refractivity contribution in [2.75, 3.05) is 7.05 Å². The first-order valence-corrected chi connectivity index (χ1v) is 10.4. The van der Waals surface area contributed by atoms with E-state index in [1.54, 1.807) is 12.1 Å². The van der Waals surface area contributed by atoms with Crippen molar-refractivity contribution < 1.29 is 9.90 Å². The molecule has 1 fully saturated rings. The second-order valence-corrected chi connectivity index (χ2v) is 8.37. The molecule has 2 aliphatic heterocycles. The number of hydrogen-bond acceptors (Lipinski definition) is 4. The highest BCUT2D eigenvalue weighted by Crippen LogP contribution is 2.40. The van der Waals surface area contributed by atoms with Gasteiger partial charge in [0.15, 0.2) is 0 Å². The number of allylic oxidation sites excluding steroid dienone is 2. The van der Waals surface area contributed by atoms with Gasteiger partial charge in [0.1, 0.15) is 5.82 Å². The zero-order chi connectivity index (χ0) is 20.8. The largest absolute Gasteiger partial charge is 0.478 e. The lowest BCUT2D eigenvalue weighted by Gasteiger charge is -2.37. The van der Waals surface area contributed by atoms with Gasteiger partial charge in [0.2, 0.25) is 0 Å². The molecule has 1 N–H and O–H groups in total.